The normalized spacial score (nSPS) is 11.1. The second kappa shape index (κ2) is 9.12. The molecule has 0 bridgehead atoms. The zero-order valence-electron chi connectivity index (χ0n) is 16.5. The lowest BCUT2D eigenvalue weighted by Crippen LogP contribution is -2.34. The van der Waals surface area contributed by atoms with Crippen molar-refractivity contribution < 1.29 is 9.53 Å². The minimum Gasteiger partial charge on any atom is -0.383 e. The van der Waals surface area contributed by atoms with Crippen LogP contribution in [0.2, 0.25) is 0 Å². The number of aryl methyl sites for hydroxylation is 3. The summed E-state index contributed by atoms with van der Waals surface area (Å²) < 4.78 is 6.69. The highest BCUT2D eigenvalue weighted by Crippen LogP contribution is 2.25. The molecule has 2 aromatic heterocycles. The maximum atomic E-state index is 12.8. The quantitative estimate of drug-likeness (QED) is 0.584. The summed E-state index contributed by atoms with van der Waals surface area (Å²) in [6.45, 7) is 5.76. The first kappa shape index (κ1) is 20.2. The average molecular weight is 400 g/mol. The lowest BCUT2D eigenvalue weighted by molar-refractivity contribution is -0.132. The van der Waals surface area contributed by atoms with Gasteiger partial charge in [-0.2, -0.15) is 0 Å². The fourth-order valence-electron chi connectivity index (χ4n) is 3.10. The molecule has 2 heterocycles. The molecule has 0 aliphatic carbocycles. The molecule has 0 aliphatic rings. The first-order chi connectivity index (χ1) is 13.5. The van der Waals surface area contributed by atoms with Crippen LogP contribution in [0.15, 0.2) is 41.5 Å². The Balaban J connectivity index is 1.73. The summed E-state index contributed by atoms with van der Waals surface area (Å²) >= 11 is 1.53. The van der Waals surface area contributed by atoms with E-state index >= 15 is 0 Å². The van der Waals surface area contributed by atoms with Gasteiger partial charge in [-0.05, 0) is 25.0 Å². The smallest absolute Gasteiger partial charge is 0.262 e. The van der Waals surface area contributed by atoms with Crippen LogP contribution in [0.3, 0.4) is 0 Å². The fourth-order valence-corrected chi connectivity index (χ4v) is 4.09. The second-order valence-electron chi connectivity index (χ2n) is 6.75. The Morgan fingerprint density at radius 3 is 2.71 bits per heavy atom. The minimum absolute atomic E-state index is 0.00822. The molecule has 0 radical (unpaired) electrons. The minimum atomic E-state index is -0.0776. The van der Waals surface area contributed by atoms with Crippen LogP contribution < -0.4 is 5.56 Å². The zero-order chi connectivity index (χ0) is 20.1. The number of fused-ring (bicyclic) bond motifs is 1. The van der Waals surface area contributed by atoms with E-state index in [4.69, 9.17) is 4.74 Å². The number of hydrogen-bond donors (Lipinski definition) is 0. The van der Waals surface area contributed by atoms with Crippen molar-refractivity contribution in [2.75, 3.05) is 20.3 Å². The summed E-state index contributed by atoms with van der Waals surface area (Å²) in [7, 11) is 1.62. The Hall–Kier alpha value is -2.51. The topological polar surface area (TPSA) is 64.4 Å². The van der Waals surface area contributed by atoms with Gasteiger partial charge in [0.15, 0.2) is 0 Å². The lowest BCUT2D eigenvalue weighted by atomic mass is 10.2. The molecule has 6 nitrogen and oxygen atoms in total. The number of thiophene rings is 1. The third kappa shape index (κ3) is 4.48. The molecule has 0 spiro atoms. The van der Waals surface area contributed by atoms with Crippen LogP contribution in [-0.4, -0.2) is 40.6 Å². The lowest BCUT2D eigenvalue weighted by Gasteiger charge is -2.23. The third-order valence-corrected chi connectivity index (χ3v) is 5.97. The molecule has 3 rings (SSSR count). The number of rotatable bonds is 8. The van der Waals surface area contributed by atoms with Crippen molar-refractivity contribution in [2.24, 2.45) is 0 Å². The average Bonchev–Trinajstić information content (AvgIpc) is 2.99. The van der Waals surface area contributed by atoms with E-state index in [2.05, 4.69) is 4.98 Å². The van der Waals surface area contributed by atoms with Gasteiger partial charge >= 0.3 is 0 Å². The van der Waals surface area contributed by atoms with E-state index in [0.29, 0.717) is 31.6 Å². The molecule has 0 saturated carbocycles. The van der Waals surface area contributed by atoms with Crippen LogP contribution >= 0.6 is 11.3 Å². The number of ether oxygens (including phenoxy) is 1. The molecule has 1 amide bonds. The zero-order valence-corrected chi connectivity index (χ0v) is 17.3. The number of hydrogen-bond acceptors (Lipinski definition) is 5. The van der Waals surface area contributed by atoms with Crippen LogP contribution in [0.1, 0.15) is 22.4 Å². The van der Waals surface area contributed by atoms with Crippen molar-refractivity contribution >= 4 is 27.5 Å². The van der Waals surface area contributed by atoms with Gasteiger partial charge in [0.2, 0.25) is 5.91 Å². The highest BCUT2D eigenvalue weighted by atomic mass is 32.1. The van der Waals surface area contributed by atoms with Gasteiger partial charge in [0.1, 0.15) is 4.83 Å². The van der Waals surface area contributed by atoms with E-state index in [0.717, 1.165) is 20.8 Å². The molecule has 0 N–H and O–H groups in total. The Bertz CT molecular complexity index is 1010. The van der Waals surface area contributed by atoms with Crippen molar-refractivity contribution in [1.82, 2.24) is 14.5 Å². The number of carbonyl (C=O) groups is 1. The van der Waals surface area contributed by atoms with E-state index < -0.39 is 0 Å². The molecule has 28 heavy (non-hydrogen) atoms. The molecule has 0 aliphatic heterocycles. The molecule has 0 unspecified atom stereocenters. The van der Waals surface area contributed by atoms with Gasteiger partial charge in [0.05, 0.1) is 18.3 Å². The molecule has 0 fully saturated rings. The van der Waals surface area contributed by atoms with Crippen molar-refractivity contribution in [3.63, 3.8) is 0 Å². The van der Waals surface area contributed by atoms with Gasteiger partial charge in [-0.3, -0.25) is 14.2 Å². The van der Waals surface area contributed by atoms with E-state index in [1.165, 1.54) is 15.9 Å². The summed E-state index contributed by atoms with van der Waals surface area (Å²) in [4.78, 5) is 33.6. The van der Waals surface area contributed by atoms with E-state index in [1.54, 1.807) is 18.3 Å². The predicted octanol–water partition coefficient (Wildman–Crippen LogP) is 3.14. The third-order valence-electron chi connectivity index (χ3n) is 4.86. The van der Waals surface area contributed by atoms with Crippen molar-refractivity contribution in [3.8, 4) is 0 Å². The number of methoxy groups -OCH3 is 1. The van der Waals surface area contributed by atoms with E-state index in [9.17, 15) is 9.59 Å². The Morgan fingerprint density at radius 2 is 2.00 bits per heavy atom. The summed E-state index contributed by atoms with van der Waals surface area (Å²) in [6, 6.07) is 9.86. The largest absolute Gasteiger partial charge is 0.383 e. The first-order valence-corrected chi connectivity index (χ1v) is 10.1. The van der Waals surface area contributed by atoms with Gasteiger partial charge in [-0.1, -0.05) is 30.3 Å². The van der Waals surface area contributed by atoms with Crippen molar-refractivity contribution in [3.05, 3.63) is 63.0 Å². The molecule has 0 atom stereocenters. The maximum absolute atomic E-state index is 12.8. The standard InChI is InChI=1S/C21H25N3O3S/c1-15-16(2)28-20-19(15)21(26)24(14-22-20)10-9-18(25)23(11-12-27-3)13-17-7-5-4-6-8-17/h4-8,14H,9-13H2,1-3H3. The Morgan fingerprint density at radius 1 is 1.25 bits per heavy atom. The van der Waals surface area contributed by atoms with Gasteiger partial charge in [-0.25, -0.2) is 4.98 Å². The van der Waals surface area contributed by atoms with Gasteiger partial charge in [0.25, 0.3) is 5.56 Å². The molecular weight excluding hydrogens is 374 g/mol. The molecule has 1 aromatic carbocycles. The number of nitrogens with zero attached hydrogens (tertiary/aromatic N) is 3. The number of carbonyl (C=O) groups excluding carboxylic acids is 1. The molecule has 7 heteroatoms. The monoisotopic (exact) mass is 399 g/mol. The van der Waals surface area contributed by atoms with Crippen LogP contribution in [0.4, 0.5) is 0 Å². The highest BCUT2D eigenvalue weighted by Gasteiger charge is 2.16. The predicted molar refractivity (Wildman–Crippen MR) is 112 cm³/mol. The second-order valence-corrected chi connectivity index (χ2v) is 7.95. The SMILES string of the molecule is COCCN(Cc1ccccc1)C(=O)CCn1cnc2sc(C)c(C)c2c1=O. The molecule has 3 aromatic rings. The maximum Gasteiger partial charge on any atom is 0.262 e. The van der Waals surface area contributed by atoms with Gasteiger partial charge < -0.3 is 9.64 Å². The van der Waals surface area contributed by atoms with Gasteiger partial charge in [-0.15, -0.1) is 11.3 Å². The number of amides is 1. The van der Waals surface area contributed by atoms with Crippen LogP contribution in [0, 0.1) is 13.8 Å². The van der Waals surface area contributed by atoms with Crippen molar-refractivity contribution in [1.29, 1.82) is 0 Å². The number of benzene rings is 1. The Labute approximate surface area is 168 Å². The first-order valence-electron chi connectivity index (χ1n) is 9.27. The van der Waals surface area contributed by atoms with E-state index in [1.807, 2.05) is 44.2 Å². The Kier molecular flexibility index (Phi) is 6.59. The van der Waals surface area contributed by atoms with E-state index in [-0.39, 0.29) is 17.9 Å². The summed E-state index contributed by atoms with van der Waals surface area (Å²) in [6.07, 6.45) is 1.79. The summed E-state index contributed by atoms with van der Waals surface area (Å²) in [5.41, 5.74) is 1.96. The van der Waals surface area contributed by atoms with Gasteiger partial charge in [0, 0.05) is 38.0 Å². The summed E-state index contributed by atoms with van der Waals surface area (Å²) in [5.74, 6) is -0.00822. The molecule has 0 saturated heterocycles. The molecule has 148 valence electrons. The number of aromatic nitrogens is 2. The van der Waals surface area contributed by atoms with Crippen LogP contribution in [0.25, 0.3) is 10.2 Å². The van der Waals surface area contributed by atoms with Crippen molar-refractivity contribution in [2.45, 2.75) is 33.4 Å². The van der Waals surface area contributed by atoms with Crippen LogP contribution in [-0.2, 0) is 22.6 Å². The summed E-state index contributed by atoms with van der Waals surface area (Å²) in [5, 5.41) is 0.665. The molecular formula is C21H25N3O3S. The van der Waals surface area contributed by atoms with Crippen LogP contribution in [0.5, 0.6) is 0 Å². The fraction of sp³-hybridized carbons (Fsp3) is 0.381. The highest BCUT2D eigenvalue weighted by molar-refractivity contribution is 7.18.